The molecule has 3 rings (SSSR count). The molecular formula is C17H29BN4O2S. The molecule has 0 radical (unpaired) electrons. The largest absolute Gasteiger partial charge is 0.498 e. The minimum atomic E-state index is -0.404. The summed E-state index contributed by atoms with van der Waals surface area (Å²) in [6.07, 6.45) is 6.14. The molecule has 0 saturated carbocycles. The third-order valence-electron chi connectivity index (χ3n) is 5.49. The molecule has 1 aromatic rings. The number of nitrogens with two attached hydrogens (primary N) is 1. The summed E-state index contributed by atoms with van der Waals surface area (Å²) in [4.78, 5) is 11.5. The molecule has 2 fully saturated rings. The molecule has 2 N–H and O–H groups in total. The molecule has 2 aliphatic rings. The lowest BCUT2D eigenvalue weighted by Gasteiger charge is -2.32. The van der Waals surface area contributed by atoms with Gasteiger partial charge in [0.05, 0.1) is 11.2 Å². The van der Waals surface area contributed by atoms with E-state index in [0.717, 1.165) is 36.0 Å². The van der Waals surface area contributed by atoms with Crippen LogP contribution in [0.5, 0.6) is 0 Å². The smallest absolute Gasteiger partial charge is 0.399 e. The van der Waals surface area contributed by atoms with Crippen LogP contribution >= 0.6 is 11.8 Å². The van der Waals surface area contributed by atoms with Crippen molar-refractivity contribution in [3.63, 3.8) is 0 Å². The second-order valence-corrected chi connectivity index (χ2v) is 8.81. The van der Waals surface area contributed by atoms with E-state index < -0.39 is 7.12 Å². The van der Waals surface area contributed by atoms with Crippen molar-refractivity contribution in [2.45, 2.75) is 62.9 Å². The summed E-state index contributed by atoms with van der Waals surface area (Å²) in [5.41, 5.74) is 5.87. The molecule has 2 saturated heterocycles. The van der Waals surface area contributed by atoms with Crippen LogP contribution in [-0.4, -0.2) is 64.6 Å². The Labute approximate surface area is 155 Å². The van der Waals surface area contributed by atoms with Gasteiger partial charge in [-0.15, -0.1) is 0 Å². The summed E-state index contributed by atoms with van der Waals surface area (Å²) < 4.78 is 12.1. The van der Waals surface area contributed by atoms with Gasteiger partial charge < -0.3 is 15.0 Å². The first-order valence-corrected chi connectivity index (χ1v) is 10.1. The number of aromatic nitrogens is 2. The van der Waals surface area contributed by atoms with Crippen LogP contribution in [0.1, 0.15) is 40.5 Å². The zero-order valence-electron chi connectivity index (χ0n) is 15.7. The van der Waals surface area contributed by atoms with Crippen LogP contribution in [0.2, 0.25) is 0 Å². The fraction of sp³-hybridized carbons (Fsp3) is 0.765. The van der Waals surface area contributed by atoms with Crippen molar-refractivity contribution < 1.29 is 9.31 Å². The zero-order valence-corrected chi connectivity index (χ0v) is 16.5. The van der Waals surface area contributed by atoms with E-state index in [9.17, 15) is 0 Å². The molecule has 6 nitrogen and oxygen atoms in total. The van der Waals surface area contributed by atoms with Gasteiger partial charge in [-0.3, -0.25) is 4.90 Å². The van der Waals surface area contributed by atoms with Gasteiger partial charge in [-0.25, -0.2) is 9.97 Å². The molecule has 0 aliphatic carbocycles. The van der Waals surface area contributed by atoms with Crippen LogP contribution in [0, 0.1) is 0 Å². The van der Waals surface area contributed by atoms with E-state index in [1.54, 1.807) is 11.8 Å². The van der Waals surface area contributed by atoms with Gasteiger partial charge >= 0.3 is 7.12 Å². The molecular weight excluding hydrogens is 335 g/mol. The molecule has 2 aliphatic heterocycles. The molecule has 3 heterocycles. The summed E-state index contributed by atoms with van der Waals surface area (Å²) in [7, 11) is -0.404. The molecule has 0 aromatic carbocycles. The monoisotopic (exact) mass is 364 g/mol. The van der Waals surface area contributed by atoms with Crippen molar-refractivity contribution in [2.75, 3.05) is 25.4 Å². The number of rotatable bonds is 6. The van der Waals surface area contributed by atoms with Gasteiger partial charge in [0, 0.05) is 42.7 Å². The Bertz CT molecular complexity index is 569. The van der Waals surface area contributed by atoms with E-state index in [-0.39, 0.29) is 11.2 Å². The zero-order chi connectivity index (χ0) is 18.1. The Morgan fingerprint density at radius 2 is 1.88 bits per heavy atom. The van der Waals surface area contributed by atoms with Gasteiger partial charge in [-0.05, 0) is 47.1 Å². The van der Waals surface area contributed by atoms with Gasteiger partial charge in [0.1, 0.15) is 0 Å². The summed E-state index contributed by atoms with van der Waals surface area (Å²) >= 11 is 1.71. The summed E-state index contributed by atoms with van der Waals surface area (Å²) in [6, 6.07) is 0.583. The van der Waals surface area contributed by atoms with Gasteiger partial charge in [-0.2, -0.15) is 0 Å². The van der Waals surface area contributed by atoms with E-state index in [4.69, 9.17) is 15.0 Å². The Kier molecular flexibility index (Phi) is 5.75. The highest BCUT2D eigenvalue weighted by molar-refractivity contribution is 7.99. The molecule has 0 amide bonds. The topological polar surface area (TPSA) is 73.5 Å². The third-order valence-corrected chi connectivity index (χ3v) is 6.51. The van der Waals surface area contributed by atoms with Crippen LogP contribution in [0.4, 0.5) is 0 Å². The van der Waals surface area contributed by atoms with E-state index >= 15 is 0 Å². The first-order chi connectivity index (χ1) is 11.8. The van der Waals surface area contributed by atoms with E-state index in [1.165, 1.54) is 12.8 Å². The predicted molar refractivity (Wildman–Crippen MR) is 102 cm³/mol. The number of likely N-dealkylation sites (tertiary alicyclic amines) is 1. The maximum Gasteiger partial charge on any atom is 0.498 e. The van der Waals surface area contributed by atoms with Crippen LogP contribution < -0.4 is 11.2 Å². The number of nitrogens with zero attached hydrogens (tertiary/aromatic N) is 3. The molecule has 8 heteroatoms. The van der Waals surface area contributed by atoms with Crippen molar-refractivity contribution in [3.8, 4) is 0 Å². The molecule has 138 valence electrons. The van der Waals surface area contributed by atoms with Crippen molar-refractivity contribution in [2.24, 2.45) is 5.73 Å². The minimum absolute atomic E-state index is 0.347. The maximum atomic E-state index is 6.04. The second-order valence-electron chi connectivity index (χ2n) is 7.82. The first-order valence-electron chi connectivity index (χ1n) is 9.07. The standard InChI is InChI=1S/C17H29BN4O2S/c1-16(2)17(3,4)24-18(23-16)13-10-20-15(21-11-13)25-12-14-6-5-8-22(14)9-7-19/h10-11,14H,5-9,12,19H2,1-4H3/t14-/m1/s1. The Morgan fingerprint density at radius 3 is 2.48 bits per heavy atom. The number of thioether (sulfide) groups is 1. The molecule has 0 bridgehead atoms. The predicted octanol–water partition coefficient (Wildman–Crippen LogP) is 1.29. The number of hydrogen-bond donors (Lipinski definition) is 1. The average molecular weight is 364 g/mol. The summed E-state index contributed by atoms with van der Waals surface area (Å²) in [6.45, 7) is 11.1. The lowest BCUT2D eigenvalue weighted by molar-refractivity contribution is 0.00578. The van der Waals surface area contributed by atoms with E-state index in [0.29, 0.717) is 6.04 Å². The van der Waals surface area contributed by atoms with Crippen LogP contribution in [0.25, 0.3) is 0 Å². The summed E-state index contributed by atoms with van der Waals surface area (Å²) in [5.74, 6) is 1.01. The van der Waals surface area contributed by atoms with Gasteiger partial charge in [0.2, 0.25) is 0 Å². The highest BCUT2D eigenvalue weighted by Crippen LogP contribution is 2.36. The van der Waals surface area contributed by atoms with Gasteiger partial charge in [0.25, 0.3) is 0 Å². The third kappa shape index (κ3) is 4.19. The fourth-order valence-electron chi connectivity index (χ4n) is 3.22. The van der Waals surface area contributed by atoms with Crippen LogP contribution in [0.15, 0.2) is 17.6 Å². The Balaban J connectivity index is 1.56. The normalized spacial score (nSPS) is 25.6. The highest BCUT2D eigenvalue weighted by Gasteiger charge is 2.51. The molecule has 1 atom stereocenters. The van der Waals surface area contributed by atoms with E-state index in [1.807, 2.05) is 40.1 Å². The molecule has 0 unspecified atom stereocenters. The SMILES string of the molecule is CC1(C)OB(c2cnc(SC[C@H]3CCCN3CCN)nc2)OC1(C)C. The maximum absolute atomic E-state index is 6.04. The Hall–Kier alpha value is -0.665. The van der Waals surface area contributed by atoms with Crippen molar-refractivity contribution >= 4 is 24.3 Å². The van der Waals surface area contributed by atoms with Crippen LogP contribution in [-0.2, 0) is 9.31 Å². The lowest BCUT2D eigenvalue weighted by atomic mass is 9.81. The van der Waals surface area contributed by atoms with Crippen molar-refractivity contribution in [1.29, 1.82) is 0 Å². The second kappa shape index (κ2) is 7.52. The minimum Gasteiger partial charge on any atom is -0.399 e. The molecule has 25 heavy (non-hydrogen) atoms. The van der Waals surface area contributed by atoms with Crippen molar-refractivity contribution in [3.05, 3.63) is 12.4 Å². The first kappa shape index (κ1) is 19.1. The lowest BCUT2D eigenvalue weighted by Crippen LogP contribution is -2.41. The molecule has 1 aromatic heterocycles. The van der Waals surface area contributed by atoms with Crippen molar-refractivity contribution in [1.82, 2.24) is 14.9 Å². The summed E-state index contributed by atoms with van der Waals surface area (Å²) in [5, 5.41) is 0.805. The van der Waals surface area contributed by atoms with Crippen LogP contribution in [0.3, 0.4) is 0 Å². The van der Waals surface area contributed by atoms with Gasteiger partial charge in [-0.1, -0.05) is 11.8 Å². The fourth-order valence-corrected chi connectivity index (χ4v) is 4.19. The van der Waals surface area contributed by atoms with Gasteiger partial charge in [0.15, 0.2) is 5.16 Å². The number of hydrogen-bond acceptors (Lipinski definition) is 7. The highest BCUT2D eigenvalue weighted by atomic mass is 32.2. The molecule has 0 spiro atoms. The van der Waals surface area contributed by atoms with E-state index in [2.05, 4.69) is 14.9 Å². The average Bonchev–Trinajstić information content (AvgIpc) is 3.08. The quantitative estimate of drug-likeness (QED) is 0.463. The Morgan fingerprint density at radius 1 is 1.24 bits per heavy atom.